The van der Waals surface area contributed by atoms with Crippen molar-refractivity contribution in [3.63, 3.8) is 0 Å². The Bertz CT molecular complexity index is 1120. The summed E-state index contributed by atoms with van der Waals surface area (Å²) in [6.45, 7) is 0.236. The van der Waals surface area contributed by atoms with Crippen LogP contribution in [0.25, 0.3) is 0 Å². The molecule has 1 aromatic rings. The van der Waals surface area contributed by atoms with Crippen molar-refractivity contribution in [2.24, 2.45) is 22.4 Å². The third-order valence-electron chi connectivity index (χ3n) is 6.17. The Kier molecular flexibility index (Phi) is 7.00. The number of carbonyl (C=O) groups is 2. The lowest BCUT2D eigenvalue weighted by molar-refractivity contribution is -0.244. The Balaban J connectivity index is 1.90. The summed E-state index contributed by atoms with van der Waals surface area (Å²) in [6, 6.07) is 1.02. The van der Waals surface area contributed by atoms with Crippen LogP contribution in [0.2, 0.25) is 0 Å². The summed E-state index contributed by atoms with van der Waals surface area (Å²) in [5, 5.41) is 10.4. The number of nitrogens with zero attached hydrogens (tertiary/aromatic N) is 4. The summed E-state index contributed by atoms with van der Waals surface area (Å²) in [6.07, 6.45) is -10.6. The average molecular weight is 522 g/mol. The van der Waals surface area contributed by atoms with Crippen LogP contribution < -0.4 is 16.4 Å². The van der Waals surface area contributed by atoms with E-state index in [9.17, 15) is 41.0 Å². The molecule has 3 heterocycles. The molecule has 2 aliphatic heterocycles. The van der Waals surface area contributed by atoms with Gasteiger partial charge in [-0.3, -0.25) is 9.59 Å². The minimum atomic E-state index is -5.25. The molecular formula is C21H24F6N6O3. The number of rotatable bonds is 3. The van der Waals surface area contributed by atoms with Crippen LogP contribution in [-0.4, -0.2) is 71.6 Å². The lowest BCUT2D eigenvalue weighted by Crippen LogP contribution is -2.55. The highest BCUT2D eigenvalue weighted by atomic mass is 19.4. The molecule has 9 nitrogen and oxygen atoms in total. The van der Waals surface area contributed by atoms with Gasteiger partial charge in [0.05, 0.1) is 23.1 Å². The van der Waals surface area contributed by atoms with Crippen LogP contribution in [0, 0.1) is 5.92 Å². The number of aromatic nitrogens is 1. The molecule has 1 fully saturated rings. The van der Waals surface area contributed by atoms with E-state index < -0.39 is 64.6 Å². The number of halogens is 6. The highest BCUT2D eigenvalue weighted by Crippen LogP contribution is 2.43. The molecule has 1 saturated heterocycles. The smallest absolute Gasteiger partial charge is 0.401 e. The maximum absolute atomic E-state index is 13.7. The lowest BCUT2D eigenvalue weighted by Gasteiger charge is -2.38. The first-order valence-corrected chi connectivity index (χ1v) is 10.7. The summed E-state index contributed by atoms with van der Waals surface area (Å²) in [4.78, 5) is 33.7. The minimum Gasteiger partial charge on any atom is -0.401 e. The predicted molar refractivity (Wildman–Crippen MR) is 116 cm³/mol. The number of hydrogen-bond donors (Lipinski definition) is 3. The fourth-order valence-electron chi connectivity index (χ4n) is 4.26. The number of carbonyl (C=O) groups excluding carboxylic acids is 2. The molecule has 198 valence electrons. The zero-order valence-electron chi connectivity index (χ0n) is 19.2. The van der Waals surface area contributed by atoms with Crippen LogP contribution in [0.15, 0.2) is 28.5 Å². The number of anilines is 1. The van der Waals surface area contributed by atoms with Gasteiger partial charge in [-0.25, -0.2) is 4.98 Å². The van der Waals surface area contributed by atoms with Crippen molar-refractivity contribution in [1.29, 1.82) is 0 Å². The molecule has 1 unspecified atom stereocenters. The number of nitrogens with two attached hydrogens (primary N) is 2. The van der Waals surface area contributed by atoms with Crippen molar-refractivity contribution >= 4 is 23.5 Å². The van der Waals surface area contributed by atoms with Gasteiger partial charge in [0.1, 0.15) is 11.7 Å². The van der Waals surface area contributed by atoms with Gasteiger partial charge in [0.15, 0.2) is 5.60 Å². The summed E-state index contributed by atoms with van der Waals surface area (Å²) < 4.78 is 81.2. The van der Waals surface area contributed by atoms with E-state index in [1.54, 1.807) is 4.90 Å². The van der Waals surface area contributed by atoms with Crippen LogP contribution in [0.3, 0.4) is 0 Å². The average Bonchev–Trinajstić information content (AvgIpc) is 2.76. The van der Waals surface area contributed by atoms with Crippen molar-refractivity contribution in [2.75, 3.05) is 32.1 Å². The molecule has 0 spiro atoms. The van der Waals surface area contributed by atoms with E-state index in [1.807, 2.05) is 0 Å². The summed E-state index contributed by atoms with van der Waals surface area (Å²) in [5.74, 6) is -3.56. The number of aliphatic imine (C=N–C) groups is 1. The van der Waals surface area contributed by atoms with Gasteiger partial charge in [0.25, 0.3) is 11.8 Å². The SMILES string of the molecule is CN(C)C(=O)c1cc(N2CCC(C(N)=C3C(N)=NC(=O)CC3(O)C(F)(F)F)CC2)ncc1C(F)(F)F. The first kappa shape index (κ1) is 27.2. The Morgan fingerprint density at radius 3 is 2.28 bits per heavy atom. The standard InChI is InChI=1S/C21H24F6N6O3/c1-32(2)18(35)11-7-13(30-9-12(11)20(22,23)24)33-5-3-10(4-6-33)16(28)15-17(29)31-14(34)8-19(15,36)21(25,26)27/h7,9-10,36H,3-6,8,28H2,1-2H3,(H2,29,31,34). The van der Waals surface area contributed by atoms with E-state index in [2.05, 4.69) is 9.98 Å². The number of pyridine rings is 1. The largest absolute Gasteiger partial charge is 0.422 e. The third-order valence-corrected chi connectivity index (χ3v) is 6.17. The number of piperidine rings is 1. The zero-order valence-corrected chi connectivity index (χ0v) is 19.2. The number of hydrogen-bond acceptors (Lipinski definition) is 7. The van der Waals surface area contributed by atoms with E-state index in [0.717, 1.165) is 11.0 Å². The molecule has 5 N–H and O–H groups in total. The number of amides is 2. The fourth-order valence-corrected chi connectivity index (χ4v) is 4.26. The summed E-state index contributed by atoms with van der Waals surface area (Å²) in [7, 11) is 2.61. The van der Waals surface area contributed by atoms with E-state index in [4.69, 9.17) is 11.5 Å². The van der Waals surface area contributed by atoms with Gasteiger partial charge in [-0.15, -0.1) is 0 Å². The van der Waals surface area contributed by atoms with Crippen LogP contribution in [-0.2, 0) is 11.0 Å². The maximum Gasteiger partial charge on any atom is 0.422 e. The van der Waals surface area contributed by atoms with E-state index >= 15 is 0 Å². The number of aliphatic hydroxyl groups is 1. The summed E-state index contributed by atoms with van der Waals surface area (Å²) in [5.41, 5.74) is 4.98. The molecule has 15 heteroatoms. The van der Waals surface area contributed by atoms with E-state index in [0.29, 0.717) is 6.20 Å². The van der Waals surface area contributed by atoms with Crippen LogP contribution >= 0.6 is 0 Å². The molecule has 1 atom stereocenters. The number of allylic oxidation sites excluding steroid dienone is 1. The Labute approximate surface area is 201 Å². The van der Waals surface area contributed by atoms with Crippen LogP contribution in [0.5, 0.6) is 0 Å². The quantitative estimate of drug-likeness (QED) is 0.515. The van der Waals surface area contributed by atoms with Gasteiger partial charge in [-0.05, 0) is 18.9 Å². The molecule has 0 radical (unpaired) electrons. The highest BCUT2D eigenvalue weighted by Gasteiger charge is 2.60. The highest BCUT2D eigenvalue weighted by molar-refractivity contribution is 6.09. The van der Waals surface area contributed by atoms with Gasteiger partial charge in [-0.2, -0.15) is 31.3 Å². The molecule has 1 aromatic heterocycles. The Hall–Kier alpha value is -3.36. The van der Waals surface area contributed by atoms with E-state index in [-0.39, 0.29) is 37.4 Å². The van der Waals surface area contributed by atoms with Crippen molar-refractivity contribution in [1.82, 2.24) is 9.88 Å². The van der Waals surface area contributed by atoms with Gasteiger partial charge in [0, 0.05) is 45.0 Å². The molecular weight excluding hydrogens is 498 g/mol. The van der Waals surface area contributed by atoms with E-state index in [1.165, 1.54) is 14.1 Å². The molecule has 2 aliphatic rings. The zero-order chi connectivity index (χ0) is 27.2. The normalized spacial score (nSPS) is 23.4. The molecule has 0 bridgehead atoms. The fraction of sp³-hybridized carbons (Fsp3) is 0.524. The van der Waals surface area contributed by atoms with Gasteiger partial charge in [-0.1, -0.05) is 0 Å². The second-order valence-corrected chi connectivity index (χ2v) is 8.80. The maximum atomic E-state index is 13.7. The molecule has 2 amide bonds. The van der Waals surface area contributed by atoms with Crippen molar-refractivity contribution in [3.8, 4) is 0 Å². The first-order valence-electron chi connectivity index (χ1n) is 10.7. The second-order valence-electron chi connectivity index (χ2n) is 8.80. The van der Waals surface area contributed by atoms with Crippen LogP contribution in [0.4, 0.5) is 32.2 Å². The predicted octanol–water partition coefficient (Wildman–Crippen LogP) is 1.81. The molecule has 0 saturated carbocycles. The van der Waals surface area contributed by atoms with Gasteiger partial charge >= 0.3 is 12.4 Å². The van der Waals surface area contributed by atoms with Crippen molar-refractivity contribution < 1.29 is 41.0 Å². The third kappa shape index (κ3) is 4.96. The molecule has 0 aromatic carbocycles. The Morgan fingerprint density at radius 2 is 1.78 bits per heavy atom. The number of alkyl halides is 6. The van der Waals surface area contributed by atoms with Crippen molar-refractivity contribution in [3.05, 3.63) is 34.7 Å². The second kappa shape index (κ2) is 9.26. The molecule has 36 heavy (non-hydrogen) atoms. The van der Waals surface area contributed by atoms with Crippen molar-refractivity contribution in [2.45, 2.75) is 37.2 Å². The molecule has 3 rings (SSSR count). The Morgan fingerprint density at radius 1 is 1.19 bits per heavy atom. The monoisotopic (exact) mass is 522 g/mol. The van der Waals surface area contributed by atoms with Gasteiger partial charge in [0.2, 0.25) is 0 Å². The topological polar surface area (TPSA) is 138 Å². The first-order chi connectivity index (χ1) is 16.5. The number of amidine groups is 1. The summed E-state index contributed by atoms with van der Waals surface area (Å²) >= 11 is 0. The molecule has 0 aliphatic carbocycles. The lowest BCUT2D eigenvalue weighted by atomic mass is 9.80. The van der Waals surface area contributed by atoms with Gasteiger partial charge < -0.3 is 26.4 Å². The minimum absolute atomic E-state index is 0.0778. The van der Waals surface area contributed by atoms with Crippen LogP contribution in [0.1, 0.15) is 35.2 Å².